The molecule has 0 bridgehead atoms. The van der Waals surface area contributed by atoms with E-state index in [0.29, 0.717) is 16.0 Å². The van der Waals surface area contributed by atoms with Crippen molar-refractivity contribution in [3.05, 3.63) is 29.3 Å². The maximum Gasteiger partial charge on any atom is 0.406 e. The average molecular weight is 419 g/mol. The summed E-state index contributed by atoms with van der Waals surface area (Å²) in [7, 11) is 0. The Labute approximate surface area is 163 Å². The second-order valence-electron chi connectivity index (χ2n) is 6.48. The Morgan fingerprint density at radius 1 is 1.37 bits per heavy atom. The van der Waals surface area contributed by atoms with Crippen LogP contribution in [0.4, 0.5) is 13.2 Å². The number of hydrogen-bond acceptors (Lipinski definition) is 4. The molecule has 10 heteroatoms. The lowest BCUT2D eigenvalue weighted by molar-refractivity contribution is -0.164. The van der Waals surface area contributed by atoms with Gasteiger partial charge in [-0.15, -0.1) is 5.10 Å². The Kier molecular flexibility index (Phi) is 6.00. The number of amides is 1. The van der Waals surface area contributed by atoms with Gasteiger partial charge in [0.05, 0.1) is 5.75 Å². The highest BCUT2D eigenvalue weighted by Gasteiger charge is 2.40. The first kappa shape index (κ1) is 20.0. The molecule has 1 aromatic heterocycles. The van der Waals surface area contributed by atoms with Crippen LogP contribution in [-0.4, -0.2) is 50.5 Å². The molecule has 5 nitrogen and oxygen atoms in total. The van der Waals surface area contributed by atoms with Crippen LogP contribution >= 0.6 is 23.4 Å². The van der Waals surface area contributed by atoms with Crippen LogP contribution in [0.2, 0.25) is 5.02 Å². The van der Waals surface area contributed by atoms with E-state index in [4.69, 9.17) is 11.6 Å². The molecular formula is C17H18ClF3N4OS. The third-order valence-corrected chi connectivity index (χ3v) is 5.46. The van der Waals surface area contributed by atoms with E-state index in [1.54, 1.807) is 31.2 Å². The fraction of sp³-hybridized carbons (Fsp3) is 0.471. The van der Waals surface area contributed by atoms with Gasteiger partial charge in [-0.2, -0.15) is 13.2 Å². The number of alkyl halides is 3. The molecule has 2 aromatic rings. The van der Waals surface area contributed by atoms with Crippen molar-refractivity contribution in [2.24, 2.45) is 5.92 Å². The molecule has 1 saturated carbocycles. The molecule has 146 valence electrons. The highest BCUT2D eigenvalue weighted by Crippen LogP contribution is 2.36. The average Bonchev–Trinajstić information content (AvgIpc) is 3.35. The standard InChI is InChI=1S/C17H18ClF3N4OS/c1-10(11-2-3-11)25(9-17(19,20)21)14(26)8-27-16-22-15(23-24-16)12-4-6-13(18)7-5-12/h4-7,10-11H,2-3,8-9H2,1H3,(H,22,23,24)/t10-/m1/s1. The van der Waals surface area contributed by atoms with Crippen molar-refractivity contribution in [3.8, 4) is 11.4 Å². The van der Waals surface area contributed by atoms with E-state index in [-0.39, 0.29) is 11.7 Å². The number of nitrogens with one attached hydrogen (secondary N) is 1. The topological polar surface area (TPSA) is 61.9 Å². The lowest BCUT2D eigenvalue weighted by Gasteiger charge is -2.30. The van der Waals surface area contributed by atoms with Gasteiger partial charge in [0.1, 0.15) is 6.54 Å². The van der Waals surface area contributed by atoms with Crippen molar-refractivity contribution in [2.45, 2.75) is 37.1 Å². The Balaban J connectivity index is 1.62. The quantitative estimate of drug-likeness (QED) is 0.677. The van der Waals surface area contributed by atoms with Crippen molar-refractivity contribution in [3.63, 3.8) is 0 Å². The molecule has 1 aliphatic rings. The van der Waals surface area contributed by atoms with Crippen molar-refractivity contribution in [1.82, 2.24) is 20.1 Å². The Hall–Kier alpha value is -1.74. The van der Waals surface area contributed by atoms with E-state index in [0.717, 1.165) is 35.1 Å². The molecule has 0 spiro atoms. The minimum Gasteiger partial charge on any atom is -0.330 e. The lowest BCUT2D eigenvalue weighted by Crippen LogP contribution is -2.46. The van der Waals surface area contributed by atoms with Gasteiger partial charge in [-0.05, 0) is 49.9 Å². The molecule has 1 aliphatic carbocycles. The predicted molar refractivity (Wildman–Crippen MR) is 97.5 cm³/mol. The minimum atomic E-state index is -4.42. The zero-order valence-electron chi connectivity index (χ0n) is 14.5. The second kappa shape index (κ2) is 8.10. The van der Waals surface area contributed by atoms with Gasteiger partial charge in [-0.25, -0.2) is 4.98 Å². The monoisotopic (exact) mass is 418 g/mol. The van der Waals surface area contributed by atoms with E-state index < -0.39 is 24.7 Å². The number of hydrogen-bond donors (Lipinski definition) is 1. The van der Waals surface area contributed by atoms with Crippen LogP contribution in [-0.2, 0) is 4.79 Å². The highest BCUT2D eigenvalue weighted by molar-refractivity contribution is 7.99. The number of aromatic amines is 1. The van der Waals surface area contributed by atoms with Crippen LogP contribution < -0.4 is 0 Å². The van der Waals surface area contributed by atoms with Gasteiger partial charge >= 0.3 is 6.18 Å². The molecule has 0 unspecified atom stereocenters. The van der Waals surface area contributed by atoms with Crippen LogP contribution in [0.15, 0.2) is 29.4 Å². The number of carbonyl (C=O) groups excluding carboxylic acids is 1. The van der Waals surface area contributed by atoms with Gasteiger partial charge in [0.2, 0.25) is 11.1 Å². The number of nitrogens with zero attached hydrogens (tertiary/aromatic N) is 3. The summed E-state index contributed by atoms with van der Waals surface area (Å²) in [5, 5.41) is 7.66. The molecule has 1 N–H and O–H groups in total. The molecule has 1 atom stereocenters. The van der Waals surface area contributed by atoms with Crippen molar-refractivity contribution in [1.29, 1.82) is 0 Å². The third kappa shape index (κ3) is 5.62. The first-order chi connectivity index (χ1) is 12.7. The van der Waals surface area contributed by atoms with Crippen LogP contribution in [0.5, 0.6) is 0 Å². The molecule has 1 fully saturated rings. The number of benzene rings is 1. The molecule has 0 saturated heterocycles. The summed E-state index contributed by atoms with van der Waals surface area (Å²) in [6.07, 6.45) is -2.70. The number of aromatic nitrogens is 3. The molecule has 1 aromatic carbocycles. The molecular weight excluding hydrogens is 401 g/mol. The Morgan fingerprint density at radius 2 is 2.04 bits per heavy atom. The van der Waals surface area contributed by atoms with Crippen molar-refractivity contribution >= 4 is 29.3 Å². The van der Waals surface area contributed by atoms with Crippen LogP contribution in [0, 0.1) is 5.92 Å². The fourth-order valence-electron chi connectivity index (χ4n) is 2.74. The number of rotatable bonds is 7. The number of H-pyrrole nitrogens is 1. The van der Waals surface area contributed by atoms with Gasteiger partial charge in [-0.3, -0.25) is 9.89 Å². The van der Waals surface area contributed by atoms with Crippen LogP contribution in [0.1, 0.15) is 19.8 Å². The van der Waals surface area contributed by atoms with Gasteiger partial charge in [0.25, 0.3) is 0 Å². The normalized spacial score (nSPS) is 15.6. The summed E-state index contributed by atoms with van der Waals surface area (Å²) >= 11 is 6.86. The first-order valence-corrected chi connectivity index (χ1v) is 9.76. The maximum absolute atomic E-state index is 12.9. The Bertz CT molecular complexity index is 792. The van der Waals surface area contributed by atoms with Gasteiger partial charge in [0.15, 0.2) is 5.82 Å². The molecule has 0 radical (unpaired) electrons. The van der Waals surface area contributed by atoms with E-state index in [1.807, 2.05) is 0 Å². The van der Waals surface area contributed by atoms with Gasteiger partial charge < -0.3 is 4.90 Å². The molecule has 27 heavy (non-hydrogen) atoms. The minimum absolute atomic E-state index is 0.148. The summed E-state index contributed by atoms with van der Waals surface area (Å²) in [4.78, 5) is 17.6. The number of thioether (sulfide) groups is 1. The zero-order valence-corrected chi connectivity index (χ0v) is 16.0. The summed E-state index contributed by atoms with van der Waals surface area (Å²) in [5.74, 6) is -0.0543. The molecule has 1 heterocycles. The molecule has 3 rings (SSSR count). The van der Waals surface area contributed by atoms with Crippen molar-refractivity contribution in [2.75, 3.05) is 12.3 Å². The summed E-state index contributed by atoms with van der Waals surface area (Å²) in [6, 6.07) is 6.54. The van der Waals surface area contributed by atoms with E-state index in [2.05, 4.69) is 15.2 Å². The van der Waals surface area contributed by atoms with E-state index >= 15 is 0 Å². The predicted octanol–water partition coefficient (Wildman–Crippen LogP) is 4.41. The van der Waals surface area contributed by atoms with E-state index in [9.17, 15) is 18.0 Å². The number of carbonyl (C=O) groups is 1. The fourth-order valence-corrected chi connectivity index (χ4v) is 3.55. The number of halogens is 4. The Morgan fingerprint density at radius 3 is 2.63 bits per heavy atom. The summed E-state index contributed by atoms with van der Waals surface area (Å²) < 4.78 is 38.6. The van der Waals surface area contributed by atoms with Gasteiger partial charge in [0, 0.05) is 16.6 Å². The molecule has 1 amide bonds. The third-order valence-electron chi connectivity index (χ3n) is 4.37. The van der Waals surface area contributed by atoms with E-state index in [1.165, 1.54) is 0 Å². The smallest absolute Gasteiger partial charge is 0.330 e. The second-order valence-corrected chi connectivity index (χ2v) is 7.86. The summed E-state index contributed by atoms with van der Waals surface area (Å²) in [6.45, 7) is 0.450. The highest BCUT2D eigenvalue weighted by atomic mass is 35.5. The largest absolute Gasteiger partial charge is 0.406 e. The van der Waals surface area contributed by atoms with Crippen LogP contribution in [0.3, 0.4) is 0 Å². The first-order valence-electron chi connectivity index (χ1n) is 8.40. The maximum atomic E-state index is 12.9. The molecule has 0 aliphatic heterocycles. The zero-order chi connectivity index (χ0) is 19.6. The SMILES string of the molecule is C[C@H](C1CC1)N(CC(F)(F)F)C(=O)CSc1n[nH]c(-c2ccc(Cl)cc2)n1. The van der Waals surface area contributed by atoms with Crippen molar-refractivity contribution < 1.29 is 18.0 Å². The lowest BCUT2D eigenvalue weighted by atomic mass is 10.2. The summed E-state index contributed by atoms with van der Waals surface area (Å²) in [5.41, 5.74) is 0.770. The van der Waals surface area contributed by atoms with Crippen LogP contribution in [0.25, 0.3) is 11.4 Å². The van der Waals surface area contributed by atoms with Gasteiger partial charge in [-0.1, -0.05) is 23.4 Å².